The van der Waals surface area contributed by atoms with Gasteiger partial charge in [-0.15, -0.1) is 12.4 Å². The first-order valence-electron chi connectivity index (χ1n) is 10.8. The molecule has 0 atom stereocenters. The first-order chi connectivity index (χ1) is 16.0. The second-order valence-electron chi connectivity index (χ2n) is 7.86. The van der Waals surface area contributed by atoms with Crippen molar-refractivity contribution in [1.82, 2.24) is 4.90 Å². The summed E-state index contributed by atoms with van der Waals surface area (Å²) in [6.07, 6.45) is 0.110. The standard InChI is InChI=1S/C26H24Cl2N2O3.ClH/c27-21-4-3-5-22(17-21)29-12-14-30(15-13-29)25(31)18-33-26(32)16-19-8-10-20(11-9-19)23-6-1-2-7-24(23)28;/h1-11,17H,12-16,18H2;1H. The van der Waals surface area contributed by atoms with Crippen LogP contribution in [0, 0.1) is 0 Å². The number of amides is 1. The minimum absolute atomic E-state index is 0. The summed E-state index contributed by atoms with van der Waals surface area (Å²) in [5.74, 6) is -0.602. The summed E-state index contributed by atoms with van der Waals surface area (Å²) < 4.78 is 5.24. The summed E-state index contributed by atoms with van der Waals surface area (Å²) in [5.41, 5.74) is 3.78. The highest BCUT2D eigenvalue weighted by molar-refractivity contribution is 6.33. The van der Waals surface area contributed by atoms with Gasteiger partial charge in [-0.3, -0.25) is 9.59 Å². The van der Waals surface area contributed by atoms with Gasteiger partial charge in [0.25, 0.3) is 5.91 Å². The fraction of sp³-hybridized carbons (Fsp3) is 0.231. The maximum atomic E-state index is 12.5. The molecule has 1 saturated heterocycles. The maximum Gasteiger partial charge on any atom is 0.310 e. The van der Waals surface area contributed by atoms with Crippen LogP contribution in [-0.2, 0) is 20.7 Å². The van der Waals surface area contributed by atoms with Crippen LogP contribution < -0.4 is 4.90 Å². The number of esters is 1. The molecule has 1 heterocycles. The fourth-order valence-corrected chi connectivity index (χ4v) is 4.26. The summed E-state index contributed by atoms with van der Waals surface area (Å²) in [5, 5.41) is 1.37. The lowest BCUT2D eigenvalue weighted by Gasteiger charge is -2.36. The average Bonchev–Trinajstić information content (AvgIpc) is 2.83. The summed E-state index contributed by atoms with van der Waals surface area (Å²) in [6, 6.07) is 22.9. The van der Waals surface area contributed by atoms with Crippen LogP contribution in [0.4, 0.5) is 5.69 Å². The molecule has 4 rings (SSSR count). The van der Waals surface area contributed by atoms with E-state index >= 15 is 0 Å². The van der Waals surface area contributed by atoms with Crippen molar-refractivity contribution in [3.63, 3.8) is 0 Å². The Balaban J connectivity index is 0.00000324. The van der Waals surface area contributed by atoms with Gasteiger partial charge in [0, 0.05) is 47.5 Å². The van der Waals surface area contributed by atoms with E-state index in [4.69, 9.17) is 27.9 Å². The second kappa shape index (κ2) is 12.1. The van der Waals surface area contributed by atoms with Crippen LogP contribution in [-0.4, -0.2) is 49.6 Å². The lowest BCUT2D eigenvalue weighted by atomic mass is 10.0. The number of carbonyl (C=O) groups is 2. The van der Waals surface area contributed by atoms with Crippen LogP contribution in [0.5, 0.6) is 0 Å². The normalized spacial score (nSPS) is 13.2. The second-order valence-corrected chi connectivity index (χ2v) is 8.71. The lowest BCUT2D eigenvalue weighted by molar-refractivity contribution is -0.151. The number of rotatable bonds is 6. The minimum Gasteiger partial charge on any atom is -0.455 e. The molecular formula is C26H25Cl3N2O3. The highest BCUT2D eigenvalue weighted by Crippen LogP contribution is 2.27. The molecule has 0 unspecified atom stereocenters. The first-order valence-corrected chi connectivity index (χ1v) is 11.5. The summed E-state index contributed by atoms with van der Waals surface area (Å²) in [7, 11) is 0. The van der Waals surface area contributed by atoms with Crippen molar-refractivity contribution in [1.29, 1.82) is 0 Å². The van der Waals surface area contributed by atoms with Gasteiger partial charge >= 0.3 is 5.97 Å². The van der Waals surface area contributed by atoms with Crippen LogP contribution in [0.3, 0.4) is 0 Å². The highest BCUT2D eigenvalue weighted by Gasteiger charge is 2.22. The van der Waals surface area contributed by atoms with Crippen LogP contribution in [0.1, 0.15) is 5.56 Å². The van der Waals surface area contributed by atoms with Crippen molar-refractivity contribution in [2.24, 2.45) is 0 Å². The Bertz CT molecular complexity index is 1130. The van der Waals surface area contributed by atoms with E-state index in [-0.39, 0.29) is 31.3 Å². The predicted molar refractivity (Wildman–Crippen MR) is 139 cm³/mol. The van der Waals surface area contributed by atoms with E-state index < -0.39 is 5.97 Å². The van der Waals surface area contributed by atoms with Crippen molar-refractivity contribution in [2.45, 2.75) is 6.42 Å². The van der Waals surface area contributed by atoms with Gasteiger partial charge in [0.1, 0.15) is 0 Å². The summed E-state index contributed by atoms with van der Waals surface area (Å²) in [4.78, 5) is 28.6. The third-order valence-electron chi connectivity index (χ3n) is 5.65. The van der Waals surface area contributed by atoms with Gasteiger partial charge in [-0.1, -0.05) is 71.7 Å². The van der Waals surface area contributed by atoms with E-state index in [1.807, 2.05) is 72.8 Å². The number of piperazine rings is 1. The van der Waals surface area contributed by atoms with E-state index in [1.165, 1.54) is 0 Å². The molecule has 1 aliphatic heterocycles. The Morgan fingerprint density at radius 3 is 2.24 bits per heavy atom. The van der Waals surface area contributed by atoms with Crippen LogP contribution in [0.25, 0.3) is 11.1 Å². The van der Waals surface area contributed by atoms with E-state index in [1.54, 1.807) is 4.90 Å². The van der Waals surface area contributed by atoms with E-state index in [2.05, 4.69) is 4.90 Å². The smallest absolute Gasteiger partial charge is 0.310 e. The van der Waals surface area contributed by atoms with Crippen LogP contribution in [0.2, 0.25) is 10.0 Å². The largest absolute Gasteiger partial charge is 0.455 e. The van der Waals surface area contributed by atoms with Crippen LogP contribution in [0.15, 0.2) is 72.8 Å². The quantitative estimate of drug-likeness (QED) is 0.403. The lowest BCUT2D eigenvalue weighted by Crippen LogP contribution is -2.50. The molecule has 1 amide bonds. The van der Waals surface area contributed by atoms with Crippen molar-refractivity contribution >= 4 is 53.2 Å². The monoisotopic (exact) mass is 518 g/mol. The Morgan fingerprint density at radius 2 is 1.56 bits per heavy atom. The van der Waals surface area contributed by atoms with E-state index in [0.717, 1.165) is 22.4 Å². The zero-order valence-electron chi connectivity index (χ0n) is 18.5. The maximum absolute atomic E-state index is 12.5. The topological polar surface area (TPSA) is 49.9 Å². The van der Waals surface area contributed by atoms with Crippen molar-refractivity contribution in [3.8, 4) is 11.1 Å². The van der Waals surface area contributed by atoms with Gasteiger partial charge in [0.15, 0.2) is 6.61 Å². The van der Waals surface area contributed by atoms with Gasteiger partial charge in [-0.25, -0.2) is 0 Å². The van der Waals surface area contributed by atoms with E-state index in [0.29, 0.717) is 36.2 Å². The minimum atomic E-state index is -0.425. The average molecular weight is 520 g/mol. The molecule has 0 radical (unpaired) electrons. The van der Waals surface area contributed by atoms with Gasteiger partial charge in [0.05, 0.1) is 6.42 Å². The molecule has 5 nitrogen and oxygen atoms in total. The Morgan fingerprint density at radius 1 is 0.853 bits per heavy atom. The SMILES string of the molecule is Cl.O=C(Cc1ccc(-c2ccccc2Cl)cc1)OCC(=O)N1CCN(c2cccc(Cl)c2)CC1. The number of anilines is 1. The third-order valence-corrected chi connectivity index (χ3v) is 6.21. The fourth-order valence-electron chi connectivity index (χ4n) is 3.84. The molecule has 178 valence electrons. The van der Waals surface area contributed by atoms with Crippen LogP contribution >= 0.6 is 35.6 Å². The van der Waals surface area contributed by atoms with Crippen molar-refractivity contribution in [3.05, 3.63) is 88.4 Å². The Labute approximate surface area is 215 Å². The molecule has 0 aromatic heterocycles. The molecule has 8 heteroatoms. The number of benzene rings is 3. The van der Waals surface area contributed by atoms with Crippen molar-refractivity contribution in [2.75, 3.05) is 37.7 Å². The molecule has 34 heavy (non-hydrogen) atoms. The number of carbonyl (C=O) groups excluding carboxylic acids is 2. The zero-order valence-corrected chi connectivity index (χ0v) is 20.8. The van der Waals surface area contributed by atoms with Gasteiger partial charge in [-0.2, -0.15) is 0 Å². The third kappa shape index (κ3) is 6.66. The molecule has 0 N–H and O–H groups in total. The summed E-state index contributed by atoms with van der Waals surface area (Å²) in [6.45, 7) is 2.32. The molecule has 1 fully saturated rings. The van der Waals surface area contributed by atoms with Crippen molar-refractivity contribution < 1.29 is 14.3 Å². The molecule has 3 aromatic rings. The molecule has 1 aliphatic rings. The molecule has 0 saturated carbocycles. The number of halogens is 3. The molecule has 0 aliphatic carbocycles. The molecular weight excluding hydrogens is 495 g/mol. The number of hydrogen-bond acceptors (Lipinski definition) is 4. The molecule has 0 spiro atoms. The van der Waals surface area contributed by atoms with Gasteiger partial charge < -0.3 is 14.5 Å². The molecule has 3 aromatic carbocycles. The van der Waals surface area contributed by atoms with E-state index in [9.17, 15) is 9.59 Å². The number of nitrogens with zero attached hydrogens (tertiary/aromatic N) is 2. The highest BCUT2D eigenvalue weighted by atomic mass is 35.5. The number of hydrogen-bond donors (Lipinski definition) is 0. The Hall–Kier alpha value is -2.73. The zero-order chi connectivity index (χ0) is 23.2. The Kier molecular flexibility index (Phi) is 9.22. The first kappa shape index (κ1) is 25.9. The summed E-state index contributed by atoms with van der Waals surface area (Å²) >= 11 is 12.3. The molecule has 0 bridgehead atoms. The predicted octanol–water partition coefficient (Wildman–Crippen LogP) is 5.52. The number of ether oxygens (including phenoxy) is 1. The van der Waals surface area contributed by atoms with Gasteiger partial charge in [0.2, 0.25) is 0 Å². The van der Waals surface area contributed by atoms with Gasteiger partial charge in [-0.05, 0) is 35.4 Å².